The van der Waals surface area contributed by atoms with Crippen LogP contribution in [0.25, 0.3) is 0 Å². The van der Waals surface area contributed by atoms with Crippen molar-refractivity contribution >= 4 is 5.97 Å². The summed E-state index contributed by atoms with van der Waals surface area (Å²) < 4.78 is 8.92. The second-order valence-corrected chi connectivity index (χ2v) is 1.81. The molecule has 0 aliphatic rings. The Labute approximate surface area is 62.6 Å². The first-order valence-electron chi connectivity index (χ1n) is 2.92. The number of methoxy groups -OCH3 is 1. The molecule has 1 aromatic heterocycles. The van der Waals surface area contributed by atoms with Crippen LogP contribution in [0.4, 0.5) is 0 Å². The predicted molar refractivity (Wildman–Crippen MR) is 33.8 cm³/mol. The predicted octanol–water partition coefficient (Wildman–Crippen LogP) is -0.0465. The van der Waals surface area contributed by atoms with Crippen LogP contribution in [-0.4, -0.2) is 23.3 Å². The van der Waals surface area contributed by atoms with Crippen LogP contribution in [0.15, 0.2) is 10.7 Å². The van der Waals surface area contributed by atoms with Gasteiger partial charge in [0.2, 0.25) is 0 Å². The van der Waals surface area contributed by atoms with Gasteiger partial charge in [-0.05, 0) is 0 Å². The van der Waals surface area contributed by atoms with E-state index in [4.69, 9.17) is 5.11 Å². The zero-order valence-electron chi connectivity index (χ0n) is 5.90. The first-order chi connectivity index (χ1) is 5.29. The Kier molecular flexibility index (Phi) is 2.22. The number of carbonyl (C=O) groups excluding carboxylic acids is 1. The van der Waals surface area contributed by atoms with Crippen LogP contribution in [-0.2, 0) is 11.3 Å². The lowest BCUT2D eigenvalue weighted by Gasteiger charge is -1.93. The first kappa shape index (κ1) is 7.74. The molecule has 5 nitrogen and oxygen atoms in total. The molecular formula is C6H7NO4. The van der Waals surface area contributed by atoms with E-state index in [9.17, 15) is 4.79 Å². The average molecular weight is 157 g/mol. The normalized spacial score (nSPS) is 9.64. The topological polar surface area (TPSA) is 72.6 Å². The van der Waals surface area contributed by atoms with E-state index in [1.54, 1.807) is 0 Å². The summed E-state index contributed by atoms with van der Waals surface area (Å²) in [5, 5.41) is 11.9. The summed E-state index contributed by atoms with van der Waals surface area (Å²) in [6.45, 7) is -0.357. The summed E-state index contributed by atoms with van der Waals surface area (Å²) in [4.78, 5) is 10.8. The molecule has 11 heavy (non-hydrogen) atoms. The van der Waals surface area contributed by atoms with Crippen LogP contribution < -0.4 is 0 Å². The van der Waals surface area contributed by atoms with E-state index in [0.717, 1.165) is 0 Å². The molecule has 0 saturated carbocycles. The smallest absolute Gasteiger partial charge is 0.343 e. The minimum absolute atomic E-state index is 0.122. The molecule has 5 heteroatoms. The van der Waals surface area contributed by atoms with E-state index in [0.29, 0.717) is 0 Å². The number of ether oxygens (including phenoxy) is 1. The number of carbonyl (C=O) groups is 1. The molecule has 0 aliphatic carbocycles. The van der Waals surface area contributed by atoms with Gasteiger partial charge in [-0.3, -0.25) is 0 Å². The van der Waals surface area contributed by atoms with Gasteiger partial charge in [-0.25, -0.2) is 4.79 Å². The number of aliphatic hydroxyl groups excluding tert-OH is 1. The molecule has 1 aromatic rings. The summed E-state index contributed by atoms with van der Waals surface area (Å²) in [6.07, 6.45) is 1.21. The molecule has 0 bridgehead atoms. The van der Waals surface area contributed by atoms with Gasteiger partial charge in [0.05, 0.1) is 13.3 Å². The number of hydrogen-bond acceptors (Lipinski definition) is 5. The van der Waals surface area contributed by atoms with Gasteiger partial charge in [0, 0.05) is 0 Å². The van der Waals surface area contributed by atoms with Gasteiger partial charge in [0.25, 0.3) is 0 Å². The third-order valence-electron chi connectivity index (χ3n) is 1.19. The number of aromatic nitrogens is 1. The van der Waals surface area contributed by atoms with Gasteiger partial charge in [-0.15, -0.1) is 0 Å². The van der Waals surface area contributed by atoms with E-state index >= 15 is 0 Å². The molecule has 0 amide bonds. The molecular weight excluding hydrogens is 150 g/mol. The highest BCUT2D eigenvalue weighted by Crippen LogP contribution is 2.08. The van der Waals surface area contributed by atoms with Crippen molar-refractivity contribution in [2.45, 2.75) is 6.61 Å². The highest BCUT2D eigenvalue weighted by Gasteiger charge is 2.14. The lowest BCUT2D eigenvalue weighted by atomic mass is 10.3. The molecule has 60 valence electrons. The summed E-state index contributed by atoms with van der Waals surface area (Å²) in [5.41, 5.74) is 0.162. The maximum atomic E-state index is 10.8. The molecule has 1 heterocycles. The lowest BCUT2D eigenvalue weighted by Crippen LogP contribution is -2.02. The third kappa shape index (κ3) is 1.38. The summed E-state index contributed by atoms with van der Waals surface area (Å²) >= 11 is 0. The molecule has 1 N–H and O–H groups in total. The second kappa shape index (κ2) is 3.16. The van der Waals surface area contributed by atoms with Crippen molar-refractivity contribution in [1.82, 2.24) is 5.16 Å². The third-order valence-corrected chi connectivity index (χ3v) is 1.19. The van der Waals surface area contributed by atoms with Crippen molar-refractivity contribution < 1.29 is 19.2 Å². The Morgan fingerprint density at radius 1 is 1.91 bits per heavy atom. The highest BCUT2D eigenvalue weighted by molar-refractivity contribution is 5.89. The second-order valence-electron chi connectivity index (χ2n) is 1.81. The van der Waals surface area contributed by atoms with Gasteiger partial charge in [-0.1, -0.05) is 5.16 Å². The summed E-state index contributed by atoms with van der Waals surface area (Å²) in [7, 11) is 1.25. The maximum absolute atomic E-state index is 10.8. The van der Waals surface area contributed by atoms with Gasteiger partial charge in [0.15, 0.2) is 5.76 Å². The van der Waals surface area contributed by atoms with Crippen molar-refractivity contribution in [3.63, 3.8) is 0 Å². The average Bonchev–Trinajstić information content (AvgIpc) is 2.50. The van der Waals surface area contributed by atoms with Crippen LogP contribution in [0, 0.1) is 0 Å². The Bertz CT molecular complexity index is 255. The van der Waals surface area contributed by atoms with Crippen molar-refractivity contribution in [3.8, 4) is 0 Å². The standard InChI is InChI=1S/C6H7NO4/c1-10-6(9)4-2-7-11-5(4)3-8/h2,8H,3H2,1H3. The molecule has 0 atom stereocenters. The number of hydrogen-bond donors (Lipinski definition) is 1. The summed E-state index contributed by atoms with van der Waals surface area (Å²) in [6, 6.07) is 0. The number of aliphatic hydroxyl groups is 1. The minimum Gasteiger partial charge on any atom is -0.465 e. The van der Waals surface area contributed by atoms with Crippen LogP contribution in [0.1, 0.15) is 16.1 Å². The molecule has 0 fully saturated rings. The van der Waals surface area contributed by atoms with E-state index in [-0.39, 0.29) is 17.9 Å². The van der Waals surface area contributed by atoms with Gasteiger partial charge in [-0.2, -0.15) is 0 Å². The maximum Gasteiger partial charge on any atom is 0.343 e. The van der Waals surface area contributed by atoms with Crippen LogP contribution in [0.5, 0.6) is 0 Å². The molecule has 0 saturated heterocycles. The van der Waals surface area contributed by atoms with E-state index in [1.165, 1.54) is 13.3 Å². The van der Waals surface area contributed by atoms with Crippen molar-refractivity contribution in [2.75, 3.05) is 7.11 Å². The van der Waals surface area contributed by atoms with E-state index in [1.807, 2.05) is 0 Å². The number of rotatable bonds is 2. The summed E-state index contributed by atoms with van der Waals surface area (Å²) in [5.74, 6) is -0.438. The molecule has 0 aliphatic heterocycles. The van der Waals surface area contributed by atoms with Gasteiger partial charge >= 0.3 is 5.97 Å². The fourth-order valence-corrected chi connectivity index (χ4v) is 0.654. The molecule has 1 rings (SSSR count). The van der Waals surface area contributed by atoms with Crippen LogP contribution in [0.3, 0.4) is 0 Å². The van der Waals surface area contributed by atoms with Crippen molar-refractivity contribution in [3.05, 3.63) is 17.5 Å². The minimum atomic E-state index is -0.560. The van der Waals surface area contributed by atoms with Crippen LogP contribution in [0.2, 0.25) is 0 Å². The van der Waals surface area contributed by atoms with E-state index < -0.39 is 5.97 Å². The Morgan fingerprint density at radius 2 is 2.64 bits per heavy atom. The van der Waals surface area contributed by atoms with E-state index in [2.05, 4.69) is 14.4 Å². The monoisotopic (exact) mass is 157 g/mol. The molecule has 0 unspecified atom stereocenters. The van der Waals surface area contributed by atoms with Crippen molar-refractivity contribution in [2.24, 2.45) is 0 Å². The fraction of sp³-hybridized carbons (Fsp3) is 0.333. The van der Waals surface area contributed by atoms with Crippen LogP contribution >= 0.6 is 0 Å². The number of esters is 1. The zero-order valence-corrected chi connectivity index (χ0v) is 5.90. The Balaban J connectivity index is 2.92. The quantitative estimate of drug-likeness (QED) is 0.609. The zero-order chi connectivity index (χ0) is 8.27. The molecule has 0 radical (unpaired) electrons. The Morgan fingerprint density at radius 3 is 3.18 bits per heavy atom. The highest BCUT2D eigenvalue weighted by atomic mass is 16.5. The molecule has 0 spiro atoms. The SMILES string of the molecule is COC(=O)c1cnoc1CO. The fourth-order valence-electron chi connectivity index (χ4n) is 0.654. The van der Waals surface area contributed by atoms with Crippen molar-refractivity contribution in [1.29, 1.82) is 0 Å². The number of nitrogens with zero attached hydrogens (tertiary/aromatic N) is 1. The Hall–Kier alpha value is -1.36. The lowest BCUT2D eigenvalue weighted by molar-refractivity contribution is 0.0594. The largest absolute Gasteiger partial charge is 0.465 e. The van der Waals surface area contributed by atoms with Gasteiger partial charge < -0.3 is 14.4 Å². The molecule has 0 aromatic carbocycles. The van der Waals surface area contributed by atoms with Gasteiger partial charge in [0.1, 0.15) is 12.2 Å². The first-order valence-corrected chi connectivity index (χ1v) is 2.92.